The molecular weight excluding hydrogens is 264 g/mol. The van der Waals surface area contributed by atoms with Crippen LogP contribution < -0.4 is 5.73 Å². The number of primary amides is 1. The average Bonchev–Trinajstić information content (AvgIpc) is 2.83. The average molecular weight is 276 g/mol. The van der Waals surface area contributed by atoms with E-state index in [0.29, 0.717) is 0 Å². The van der Waals surface area contributed by atoms with Crippen molar-refractivity contribution in [1.82, 2.24) is 4.31 Å². The number of amides is 1. The van der Waals surface area contributed by atoms with Gasteiger partial charge in [0.05, 0.1) is 6.61 Å². The van der Waals surface area contributed by atoms with Crippen molar-refractivity contribution in [3.63, 3.8) is 0 Å². The number of hydrogen-bond acceptors (Lipinski definition) is 5. The summed E-state index contributed by atoms with van der Waals surface area (Å²) in [6.07, 6.45) is -0.863. The van der Waals surface area contributed by atoms with E-state index in [1.165, 1.54) is 10.4 Å². The van der Waals surface area contributed by atoms with Crippen LogP contribution in [-0.2, 0) is 19.6 Å². The van der Waals surface area contributed by atoms with E-state index in [-0.39, 0.29) is 23.9 Å². The van der Waals surface area contributed by atoms with E-state index in [4.69, 9.17) is 10.5 Å². The maximum absolute atomic E-state index is 12.1. The molecule has 1 amide bonds. The third-order valence-corrected chi connectivity index (χ3v) is 5.67. The molecule has 1 fully saturated rings. The van der Waals surface area contributed by atoms with Crippen molar-refractivity contribution in [2.75, 3.05) is 19.7 Å². The number of ether oxygens (including phenoxy) is 1. The lowest BCUT2D eigenvalue weighted by molar-refractivity contribution is -0.132. The summed E-state index contributed by atoms with van der Waals surface area (Å²) >= 11 is 1.15. The van der Waals surface area contributed by atoms with Gasteiger partial charge < -0.3 is 10.5 Å². The van der Waals surface area contributed by atoms with Crippen LogP contribution in [0, 0.1) is 0 Å². The molecule has 0 bridgehead atoms. The topological polar surface area (TPSA) is 89.7 Å². The predicted molar refractivity (Wildman–Crippen MR) is 62.0 cm³/mol. The van der Waals surface area contributed by atoms with Gasteiger partial charge in [-0.05, 0) is 11.4 Å². The Kier molecular flexibility index (Phi) is 3.48. The molecule has 2 N–H and O–H groups in total. The molecule has 94 valence electrons. The molecule has 1 aromatic heterocycles. The number of morpholine rings is 1. The van der Waals surface area contributed by atoms with Gasteiger partial charge in [-0.15, -0.1) is 11.3 Å². The molecule has 0 aromatic carbocycles. The van der Waals surface area contributed by atoms with Crippen LogP contribution in [0.3, 0.4) is 0 Å². The van der Waals surface area contributed by atoms with Gasteiger partial charge in [-0.2, -0.15) is 4.31 Å². The first kappa shape index (κ1) is 12.5. The van der Waals surface area contributed by atoms with Crippen molar-refractivity contribution < 1.29 is 17.9 Å². The smallest absolute Gasteiger partial charge is 0.252 e. The Morgan fingerprint density at radius 3 is 2.94 bits per heavy atom. The maximum atomic E-state index is 12.1. The van der Waals surface area contributed by atoms with Crippen LogP contribution in [0.5, 0.6) is 0 Å². The van der Waals surface area contributed by atoms with Crippen LogP contribution in [0.25, 0.3) is 0 Å². The molecule has 1 aliphatic rings. The van der Waals surface area contributed by atoms with Gasteiger partial charge in [-0.1, -0.05) is 6.07 Å². The van der Waals surface area contributed by atoms with E-state index in [1.54, 1.807) is 11.4 Å². The van der Waals surface area contributed by atoms with Gasteiger partial charge in [0.15, 0.2) is 0 Å². The van der Waals surface area contributed by atoms with Gasteiger partial charge in [0, 0.05) is 13.1 Å². The fourth-order valence-corrected chi connectivity index (χ4v) is 4.12. The third-order valence-electron chi connectivity index (χ3n) is 2.44. The molecule has 2 heterocycles. The number of carbonyl (C=O) groups is 1. The van der Waals surface area contributed by atoms with E-state index in [0.717, 1.165) is 11.3 Å². The Hall–Kier alpha value is -0.960. The standard InChI is InChI=1S/C9H12N2O4S2/c10-9(12)7-6-11(3-4-15-7)17(13,14)8-2-1-5-16-8/h1-2,5,7H,3-4,6H2,(H2,10,12). The summed E-state index contributed by atoms with van der Waals surface area (Å²) in [5.41, 5.74) is 5.11. The number of nitrogens with zero attached hydrogens (tertiary/aromatic N) is 1. The highest BCUT2D eigenvalue weighted by atomic mass is 32.2. The molecule has 1 unspecified atom stereocenters. The van der Waals surface area contributed by atoms with Crippen LogP contribution >= 0.6 is 11.3 Å². The monoisotopic (exact) mass is 276 g/mol. The van der Waals surface area contributed by atoms with Crippen molar-refractivity contribution in [3.8, 4) is 0 Å². The zero-order valence-corrected chi connectivity index (χ0v) is 10.5. The Morgan fingerprint density at radius 1 is 1.59 bits per heavy atom. The highest BCUT2D eigenvalue weighted by Crippen LogP contribution is 2.22. The van der Waals surface area contributed by atoms with E-state index >= 15 is 0 Å². The molecule has 0 aliphatic carbocycles. The first-order valence-electron chi connectivity index (χ1n) is 4.96. The normalized spacial score (nSPS) is 22.5. The molecule has 1 aromatic rings. The van der Waals surface area contributed by atoms with E-state index in [9.17, 15) is 13.2 Å². The van der Waals surface area contributed by atoms with Gasteiger partial charge >= 0.3 is 0 Å². The summed E-state index contributed by atoms with van der Waals surface area (Å²) in [4.78, 5) is 11.0. The van der Waals surface area contributed by atoms with Gasteiger partial charge in [-0.3, -0.25) is 4.79 Å². The third kappa shape index (κ3) is 2.49. The predicted octanol–water partition coefficient (Wildman–Crippen LogP) is -0.377. The van der Waals surface area contributed by atoms with Crippen molar-refractivity contribution >= 4 is 27.3 Å². The van der Waals surface area contributed by atoms with Crippen molar-refractivity contribution in [2.45, 2.75) is 10.3 Å². The molecule has 17 heavy (non-hydrogen) atoms. The Labute approximate surface area is 103 Å². The molecule has 2 rings (SSSR count). The minimum atomic E-state index is -3.52. The van der Waals surface area contributed by atoms with Gasteiger partial charge in [0.2, 0.25) is 5.91 Å². The summed E-state index contributed by atoms with van der Waals surface area (Å²) in [6.45, 7) is 0.401. The molecule has 0 saturated carbocycles. The molecule has 6 nitrogen and oxygen atoms in total. The fraction of sp³-hybridized carbons (Fsp3) is 0.444. The fourth-order valence-electron chi connectivity index (χ4n) is 1.55. The number of nitrogens with two attached hydrogens (primary N) is 1. The molecule has 8 heteroatoms. The maximum Gasteiger partial charge on any atom is 0.252 e. The summed E-state index contributed by atoms with van der Waals surface area (Å²) < 4.78 is 30.9. The second kappa shape index (κ2) is 4.73. The minimum absolute atomic E-state index is 0.0183. The summed E-state index contributed by atoms with van der Waals surface area (Å²) in [6, 6.07) is 3.21. The number of sulfonamides is 1. The second-order valence-electron chi connectivity index (χ2n) is 3.56. The highest BCUT2D eigenvalue weighted by molar-refractivity contribution is 7.91. The number of rotatable bonds is 3. The Morgan fingerprint density at radius 2 is 2.35 bits per heavy atom. The lowest BCUT2D eigenvalue weighted by Gasteiger charge is -2.30. The van der Waals surface area contributed by atoms with Crippen molar-refractivity contribution in [3.05, 3.63) is 17.5 Å². The second-order valence-corrected chi connectivity index (χ2v) is 6.67. The lowest BCUT2D eigenvalue weighted by atomic mass is 10.3. The molecule has 0 radical (unpaired) electrons. The molecule has 1 atom stereocenters. The van der Waals surface area contributed by atoms with E-state index < -0.39 is 22.0 Å². The molecule has 0 spiro atoms. The van der Waals surface area contributed by atoms with Crippen LogP contribution in [0.15, 0.2) is 21.7 Å². The van der Waals surface area contributed by atoms with E-state index in [2.05, 4.69) is 0 Å². The Bertz CT molecular complexity index is 497. The lowest BCUT2D eigenvalue weighted by Crippen LogP contribution is -2.50. The van der Waals surface area contributed by atoms with Gasteiger partial charge in [-0.25, -0.2) is 8.42 Å². The molecule has 1 aliphatic heterocycles. The van der Waals surface area contributed by atoms with Crippen molar-refractivity contribution in [2.24, 2.45) is 5.73 Å². The van der Waals surface area contributed by atoms with Gasteiger partial charge in [0.1, 0.15) is 10.3 Å². The molecular formula is C9H12N2O4S2. The number of thiophene rings is 1. The van der Waals surface area contributed by atoms with Crippen LogP contribution in [0.2, 0.25) is 0 Å². The zero-order chi connectivity index (χ0) is 12.5. The first-order chi connectivity index (χ1) is 8.01. The summed E-state index contributed by atoms with van der Waals surface area (Å²) in [5.74, 6) is -0.643. The number of carbonyl (C=O) groups excluding carboxylic acids is 1. The van der Waals surface area contributed by atoms with Crippen LogP contribution in [-0.4, -0.2) is 44.4 Å². The largest absolute Gasteiger partial charge is 0.367 e. The molecule has 1 saturated heterocycles. The minimum Gasteiger partial charge on any atom is -0.367 e. The SMILES string of the molecule is NC(=O)C1CN(S(=O)(=O)c2cccs2)CCO1. The zero-order valence-electron chi connectivity index (χ0n) is 8.90. The summed E-state index contributed by atoms with van der Waals surface area (Å²) in [5, 5.41) is 1.69. The van der Waals surface area contributed by atoms with Crippen LogP contribution in [0.4, 0.5) is 0 Å². The van der Waals surface area contributed by atoms with Crippen LogP contribution in [0.1, 0.15) is 0 Å². The Balaban J connectivity index is 2.20. The number of hydrogen-bond donors (Lipinski definition) is 1. The summed E-state index contributed by atoms with van der Waals surface area (Å²) in [7, 11) is -3.52. The quantitative estimate of drug-likeness (QED) is 0.815. The van der Waals surface area contributed by atoms with Crippen molar-refractivity contribution in [1.29, 1.82) is 0 Å². The van der Waals surface area contributed by atoms with E-state index in [1.807, 2.05) is 0 Å². The highest BCUT2D eigenvalue weighted by Gasteiger charge is 2.33. The first-order valence-corrected chi connectivity index (χ1v) is 7.28. The van der Waals surface area contributed by atoms with Gasteiger partial charge in [0.25, 0.3) is 10.0 Å².